The van der Waals surface area contributed by atoms with E-state index in [4.69, 9.17) is 4.74 Å². The van der Waals surface area contributed by atoms with Crippen molar-refractivity contribution in [2.24, 2.45) is 0 Å². The predicted octanol–water partition coefficient (Wildman–Crippen LogP) is 4.21. The van der Waals surface area contributed by atoms with Crippen LogP contribution in [0.2, 0.25) is 0 Å². The van der Waals surface area contributed by atoms with E-state index in [0.717, 1.165) is 16.0 Å². The van der Waals surface area contributed by atoms with Gasteiger partial charge in [-0.25, -0.2) is 4.79 Å². The molecule has 0 radical (unpaired) electrons. The highest BCUT2D eigenvalue weighted by molar-refractivity contribution is 6.22. The highest BCUT2D eigenvalue weighted by Crippen LogP contribution is 2.27. The summed E-state index contributed by atoms with van der Waals surface area (Å²) in [7, 11) is 0. The normalized spacial score (nSPS) is 14.4. The fraction of sp³-hybridized carbons (Fsp3) is 0.185. The third-order valence-electron chi connectivity index (χ3n) is 5.78. The van der Waals surface area contributed by atoms with Crippen LogP contribution >= 0.6 is 0 Å². The molecule has 7 heteroatoms. The number of ether oxygens (including phenoxy) is 1. The molecule has 0 fully saturated rings. The van der Waals surface area contributed by atoms with E-state index in [1.165, 1.54) is 19.1 Å². The summed E-state index contributed by atoms with van der Waals surface area (Å²) in [5, 5.41) is 2.83. The number of anilines is 1. The van der Waals surface area contributed by atoms with E-state index in [1.54, 1.807) is 42.5 Å². The van der Waals surface area contributed by atoms with Gasteiger partial charge in [-0.15, -0.1) is 0 Å². The minimum absolute atomic E-state index is 0.236. The number of rotatable bonds is 6. The molecule has 172 valence electrons. The number of fused-ring (bicyclic) bond motifs is 1. The number of nitrogens with zero attached hydrogens (tertiary/aromatic N) is 1. The van der Waals surface area contributed by atoms with E-state index in [-0.39, 0.29) is 11.1 Å². The molecule has 0 bridgehead atoms. The van der Waals surface area contributed by atoms with Gasteiger partial charge in [0.2, 0.25) is 6.10 Å². The Morgan fingerprint density at radius 2 is 1.44 bits per heavy atom. The van der Waals surface area contributed by atoms with Crippen molar-refractivity contribution in [2.75, 3.05) is 5.32 Å². The molecular weight excluding hydrogens is 432 g/mol. The zero-order valence-corrected chi connectivity index (χ0v) is 19.1. The Balaban J connectivity index is 1.58. The van der Waals surface area contributed by atoms with Crippen LogP contribution in [0.25, 0.3) is 0 Å². The third-order valence-corrected chi connectivity index (χ3v) is 5.78. The number of imide groups is 1. The molecule has 0 aromatic heterocycles. The molecule has 0 saturated carbocycles. The van der Waals surface area contributed by atoms with Crippen LogP contribution in [0.15, 0.2) is 72.8 Å². The Labute approximate surface area is 197 Å². The van der Waals surface area contributed by atoms with Crippen LogP contribution in [0.1, 0.15) is 50.4 Å². The van der Waals surface area contributed by atoms with Gasteiger partial charge in [0.1, 0.15) is 6.04 Å². The van der Waals surface area contributed by atoms with E-state index in [1.807, 2.05) is 32.0 Å². The maximum Gasteiger partial charge on any atom is 0.330 e. The summed E-state index contributed by atoms with van der Waals surface area (Å²) < 4.78 is 5.61. The lowest BCUT2D eigenvalue weighted by molar-refractivity contribution is -0.158. The fourth-order valence-electron chi connectivity index (χ4n) is 3.85. The Kier molecular flexibility index (Phi) is 6.27. The van der Waals surface area contributed by atoms with Gasteiger partial charge in [-0.2, -0.15) is 0 Å². The van der Waals surface area contributed by atoms with Crippen molar-refractivity contribution in [3.8, 4) is 0 Å². The maximum absolute atomic E-state index is 13.2. The monoisotopic (exact) mass is 456 g/mol. The van der Waals surface area contributed by atoms with Gasteiger partial charge in [-0.1, -0.05) is 54.6 Å². The minimum atomic E-state index is -1.27. The summed E-state index contributed by atoms with van der Waals surface area (Å²) >= 11 is 0. The smallest absolute Gasteiger partial charge is 0.330 e. The largest absolute Gasteiger partial charge is 0.446 e. The summed E-state index contributed by atoms with van der Waals surface area (Å²) in [5.74, 6) is -2.54. The second-order valence-corrected chi connectivity index (χ2v) is 8.24. The molecule has 34 heavy (non-hydrogen) atoms. The van der Waals surface area contributed by atoms with Gasteiger partial charge in [-0.3, -0.25) is 19.3 Å². The number of carbonyl (C=O) groups excluding carboxylic acids is 4. The number of nitrogens with one attached hydrogen (secondary N) is 1. The lowest BCUT2D eigenvalue weighted by atomic mass is 10.1. The third kappa shape index (κ3) is 4.32. The summed E-state index contributed by atoms with van der Waals surface area (Å²) in [6.45, 7) is 5.19. The topological polar surface area (TPSA) is 92.8 Å². The Morgan fingerprint density at radius 1 is 0.853 bits per heavy atom. The molecule has 1 aliphatic heterocycles. The molecule has 1 heterocycles. The minimum Gasteiger partial charge on any atom is -0.446 e. The van der Waals surface area contributed by atoms with Crippen LogP contribution in [0.3, 0.4) is 0 Å². The zero-order chi connectivity index (χ0) is 24.4. The van der Waals surface area contributed by atoms with Gasteiger partial charge in [0, 0.05) is 11.3 Å². The van der Waals surface area contributed by atoms with Crippen LogP contribution in [0.4, 0.5) is 5.69 Å². The summed E-state index contributed by atoms with van der Waals surface area (Å²) in [6.07, 6.45) is -1.27. The Hall–Kier alpha value is -4.26. The van der Waals surface area contributed by atoms with Crippen molar-refractivity contribution in [2.45, 2.75) is 32.9 Å². The number of hydrogen-bond acceptors (Lipinski definition) is 5. The number of aryl methyl sites for hydroxylation is 2. The number of hydrogen-bond donors (Lipinski definition) is 1. The standard InChI is InChI=1S/C27H24N2O5/c1-16-13-14-17(2)22(15-16)28-24(30)23(19-9-5-4-6-10-19)34-27(33)18(3)29-25(31)20-11-7-8-12-21(20)26(29)32/h4-15,18,23H,1-3H3,(H,28,30)/t18-,23+/m1/s1. The lowest BCUT2D eigenvalue weighted by Gasteiger charge is -2.24. The van der Waals surface area contributed by atoms with E-state index in [9.17, 15) is 19.2 Å². The first kappa shape index (κ1) is 22.9. The van der Waals surface area contributed by atoms with E-state index < -0.39 is 35.8 Å². The van der Waals surface area contributed by atoms with Crippen molar-refractivity contribution in [3.63, 3.8) is 0 Å². The van der Waals surface area contributed by atoms with Gasteiger partial charge in [0.15, 0.2) is 0 Å². The van der Waals surface area contributed by atoms with Crippen LogP contribution in [0.5, 0.6) is 0 Å². The molecule has 2 atom stereocenters. The van der Waals surface area contributed by atoms with Gasteiger partial charge in [0.25, 0.3) is 17.7 Å². The average molecular weight is 456 g/mol. The molecule has 0 unspecified atom stereocenters. The molecule has 0 saturated heterocycles. The zero-order valence-electron chi connectivity index (χ0n) is 19.1. The van der Waals surface area contributed by atoms with Crippen molar-refractivity contribution in [1.82, 2.24) is 4.90 Å². The molecule has 0 aliphatic carbocycles. The molecule has 3 aromatic rings. The molecule has 3 amide bonds. The van der Waals surface area contributed by atoms with Crippen molar-refractivity contribution in [3.05, 3.63) is 101 Å². The molecule has 3 aromatic carbocycles. The second-order valence-electron chi connectivity index (χ2n) is 8.24. The van der Waals surface area contributed by atoms with Crippen molar-refractivity contribution >= 4 is 29.4 Å². The van der Waals surface area contributed by atoms with Gasteiger partial charge in [-0.05, 0) is 50.1 Å². The summed E-state index contributed by atoms with van der Waals surface area (Å²) in [5.41, 5.74) is 3.37. The van der Waals surface area contributed by atoms with Crippen molar-refractivity contribution < 1.29 is 23.9 Å². The molecular formula is C27H24N2O5. The van der Waals surface area contributed by atoms with Gasteiger partial charge in [0.05, 0.1) is 11.1 Å². The van der Waals surface area contributed by atoms with Crippen LogP contribution < -0.4 is 5.32 Å². The van der Waals surface area contributed by atoms with E-state index in [0.29, 0.717) is 11.3 Å². The first-order chi connectivity index (χ1) is 16.3. The SMILES string of the molecule is Cc1ccc(C)c(NC(=O)[C@@H](OC(=O)[C@@H](C)N2C(=O)c3ccccc3C2=O)c2ccccc2)c1. The predicted molar refractivity (Wildman–Crippen MR) is 126 cm³/mol. The molecule has 1 N–H and O–H groups in total. The summed E-state index contributed by atoms with van der Waals surface area (Å²) in [6, 6.07) is 19.4. The molecule has 1 aliphatic rings. The van der Waals surface area contributed by atoms with E-state index in [2.05, 4.69) is 5.32 Å². The van der Waals surface area contributed by atoms with Gasteiger partial charge < -0.3 is 10.1 Å². The molecule has 0 spiro atoms. The van der Waals surface area contributed by atoms with Crippen LogP contribution in [-0.2, 0) is 14.3 Å². The first-order valence-electron chi connectivity index (χ1n) is 10.9. The molecule has 4 rings (SSSR count). The lowest BCUT2D eigenvalue weighted by Crippen LogP contribution is -2.44. The summed E-state index contributed by atoms with van der Waals surface area (Å²) in [4.78, 5) is 52.7. The highest BCUT2D eigenvalue weighted by atomic mass is 16.5. The first-order valence-corrected chi connectivity index (χ1v) is 10.9. The quantitative estimate of drug-likeness (QED) is 0.443. The van der Waals surface area contributed by atoms with E-state index >= 15 is 0 Å². The van der Waals surface area contributed by atoms with Gasteiger partial charge >= 0.3 is 5.97 Å². The fourth-order valence-corrected chi connectivity index (χ4v) is 3.85. The number of benzene rings is 3. The second kappa shape index (κ2) is 9.31. The Bertz CT molecular complexity index is 1250. The number of carbonyl (C=O) groups is 4. The average Bonchev–Trinajstić information content (AvgIpc) is 3.09. The number of esters is 1. The highest BCUT2D eigenvalue weighted by Gasteiger charge is 2.42. The maximum atomic E-state index is 13.2. The van der Waals surface area contributed by atoms with Crippen molar-refractivity contribution in [1.29, 1.82) is 0 Å². The number of amides is 3. The van der Waals surface area contributed by atoms with Crippen LogP contribution in [0, 0.1) is 13.8 Å². The Morgan fingerprint density at radius 3 is 2.06 bits per heavy atom. The molecule has 7 nitrogen and oxygen atoms in total. The van der Waals surface area contributed by atoms with Crippen LogP contribution in [-0.4, -0.2) is 34.6 Å².